The van der Waals surface area contributed by atoms with E-state index in [0.717, 1.165) is 5.75 Å². The molecule has 0 radical (unpaired) electrons. The molecule has 0 saturated heterocycles. The quantitative estimate of drug-likeness (QED) is 0.483. The van der Waals surface area contributed by atoms with Crippen LogP contribution in [0, 0.1) is 0 Å². The van der Waals surface area contributed by atoms with Crippen LogP contribution >= 0.6 is 11.8 Å². The van der Waals surface area contributed by atoms with Crippen molar-refractivity contribution in [3.63, 3.8) is 0 Å². The van der Waals surface area contributed by atoms with Crippen LogP contribution in [0.3, 0.4) is 0 Å². The van der Waals surface area contributed by atoms with E-state index in [1.165, 1.54) is 0 Å². The van der Waals surface area contributed by atoms with Crippen molar-refractivity contribution in [3.05, 3.63) is 11.5 Å². The van der Waals surface area contributed by atoms with Crippen molar-refractivity contribution >= 4 is 11.8 Å². The van der Waals surface area contributed by atoms with E-state index in [1.54, 1.807) is 17.8 Å². The average Bonchev–Trinajstić information content (AvgIpc) is 1.86. The highest BCUT2D eigenvalue weighted by atomic mass is 32.2. The number of hydrogen-bond donors (Lipinski definition) is 1. The fourth-order valence-electron chi connectivity index (χ4n) is 0.356. The molecule has 0 bridgehead atoms. The smallest absolute Gasteiger partial charge is 0.0822 e. The third kappa shape index (κ3) is 0.758. The Labute approximate surface area is 41.1 Å². The normalized spacial score (nSPS) is 31.8. The Bertz CT molecular complexity index is 69.9. The minimum atomic E-state index is -0.171. The van der Waals surface area contributed by atoms with E-state index >= 15 is 0 Å². The lowest BCUT2D eigenvalue weighted by molar-refractivity contribution is 0.251. The Morgan fingerprint density at radius 2 is 2.67 bits per heavy atom. The molecule has 0 spiro atoms. The van der Waals surface area contributed by atoms with Crippen molar-refractivity contribution in [2.45, 2.75) is 6.10 Å². The first kappa shape index (κ1) is 4.22. The van der Waals surface area contributed by atoms with Gasteiger partial charge in [0.15, 0.2) is 0 Å². The van der Waals surface area contributed by atoms with E-state index in [4.69, 9.17) is 5.11 Å². The van der Waals surface area contributed by atoms with Crippen molar-refractivity contribution in [3.8, 4) is 0 Å². The Morgan fingerprint density at radius 1 is 1.83 bits per heavy atom. The highest BCUT2D eigenvalue weighted by Crippen LogP contribution is 2.12. The van der Waals surface area contributed by atoms with E-state index in [-0.39, 0.29) is 6.10 Å². The number of rotatable bonds is 0. The highest BCUT2D eigenvalue weighted by molar-refractivity contribution is 8.02. The predicted molar refractivity (Wildman–Crippen MR) is 27.6 cm³/mol. The molecule has 1 unspecified atom stereocenters. The van der Waals surface area contributed by atoms with Gasteiger partial charge in [-0.25, -0.2) is 0 Å². The zero-order valence-corrected chi connectivity index (χ0v) is 4.11. The van der Waals surface area contributed by atoms with Crippen LogP contribution in [0.4, 0.5) is 0 Å². The SMILES string of the molecule is OC1C=CSC1. The van der Waals surface area contributed by atoms with Gasteiger partial charge in [0, 0.05) is 5.75 Å². The topological polar surface area (TPSA) is 20.2 Å². The van der Waals surface area contributed by atoms with Gasteiger partial charge >= 0.3 is 0 Å². The van der Waals surface area contributed by atoms with Crippen molar-refractivity contribution in [1.82, 2.24) is 0 Å². The van der Waals surface area contributed by atoms with Gasteiger partial charge in [-0.1, -0.05) is 0 Å². The van der Waals surface area contributed by atoms with Gasteiger partial charge in [-0.15, -0.1) is 11.8 Å². The third-order valence-corrected chi connectivity index (χ3v) is 1.55. The average molecular weight is 102 g/mol. The molecular weight excluding hydrogens is 96.1 g/mol. The van der Waals surface area contributed by atoms with Crippen molar-refractivity contribution in [1.29, 1.82) is 0 Å². The summed E-state index contributed by atoms with van der Waals surface area (Å²) in [4.78, 5) is 0. The van der Waals surface area contributed by atoms with Gasteiger partial charge < -0.3 is 5.11 Å². The second kappa shape index (κ2) is 1.67. The summed E-state index contributed by atoms with van der Waals surface area (Å²) in [6.45, 7) is 0. The van der Waals surface area contributed by atoms with Crippen LogP contribution in [0.1, 0.15) is 0 Å². The molecule has 0 saturated carbocycles. The van der Waals surface area contributed by atoms with Crippen LogP contribution < -0.4 is 0 Å². The minimum absolute atomic E-state index is 0.171. The molecule has 0 aromatic heterocycles. The highest BCUT2D eigenvalue weighted by Gasteiger charge is 2.01. The second-order valence-electron chi connectivity index (χ2n) is 1.23. The summed E-state index contributed by atoms with van der Waals surface area (Å²) >= 11 is 1.65. The van der Waals surface area contributed by atoms with Crippen LogP contribution in [-0.4, -0.2) is 17.0 Å². The summed E-state index contributed by atoms with van der Waals surface area (Å²) in [5.74, 6) is 0.847. The van der Waals surface area contributed by atoms with E-state index in [0.29, 0.717) is 0 Å². The Balaban J connectivity index is 2.38. The molecule has 0 amide bonds. The third-order valence-electron chi connectivity index (χ3n) is 0.664. The molecular formula is C4H6OS. The van der Waals surface area contributed by atoms with E-state index in [1.807, 2.05) is 5.41 Å². The van der Waals surface area contributed by atoms with Gasteiger partial charge in [-0.2, -0.15) is 0 Å². The zero-order valence-electron chi connectivity index (χ0n) is 3.29. The minimum Gasteiger partial charge on any atom is -0.388 e. The van der Waals surface area contributed by atoms with Crippen LogP contribution in [-0.2, 0) is 0 Å². The number of thioether (sulfide) groups is 1. The second-order valence-corrected chi connectivity index (χ2v) is 2.17. The Kier molecular flexibility index (Phi) is 1.17. The first-order chi connectivity index (χ1) is 2.89. The maximum absolute atomic E-state index is 8.62. The fourth-order valence-corrected chi connectivity index (χ4v) is 1.07. The number of aliphatic hydroxyl groups excluding tert-OH is 1. The summed E-state index contributed by atoms with van der Waals surface area (Å²) in [6.07, 6.45) is 1.62. The van der Waals surface area contributed by atoms with Gasteiger partial charge in [0.25, 0.3) is 0 Å². The van der Waals surface area contributed by atoms with Gasteiger partial charge in [-0.05, 0) is 11.5 Å². The molecule has 1 nitrogen and oxygen atoms in total. The molecule has 0 aliphatic carbocycles. The summed E-state index contributed by atoms with van der Waals surface area (Å²) in [6, 6.07) is 0. The lowest BCUT2D eigenvalue weighted by Gasteiger charge is -1.88. The van der Waals surface area contributed by atoms with Gasteiger partial charge in [0.2, 0.25) is 0 Å². The molecule has 0 aromatic carbocycles. The van der Waals surface area contributed by atoms with Crippen molar-refractivity contribution in [2.24, 2.45) is 0 Å². The molecule has 0 fully saturated rings. The van der Waals surface area contributed by atoms with Crippen LogP contribution in [0.2, 0.25) is 0 Å². The summed E-state index contributed by atoms with van der Waals surface area (Å²) in [5, 5.41) is 10.5. The molecule has 1 aliphatic rings. The molecule has 1 atom stereocenters. The standard InChI is InChI=1S/C4H6OS/c5-4-1-2-6-3-4/h1-2,4-5H,3H2. The molecule has 1 aliphatic heterocycles. The van der Waals surface area contributed by atoms with E-state index in [2.05, 4.69) is 0 Å². The molecule has 6 heavy (non-hydrogen) atoms. The predicted octanol–water partition coefficient (Wildman–Crippen LogP) is 0.608. The van der Waals surface area contributed by atoms with E-state index in [9.17, 15) is 0 Å². The zero-order chi connectivity index (χ0) is 4.41. The van der Waals surface area contributed by atoms with Gasteiger partial charge in [0.1, 0.15) is 0 Å². The lowest BCUT2D eigenvalue weighted by Crippen LogP contribution is -1.98. The van der Waals surface area contributed by atoms with Crippen LogP contribution in [0.25, 0.3) is 0 Å². The largest absolute Gasteiger partial charge is 0.388 e. The van der Waals surface area contributed by atoms with Crippen molar-refractivity contribution in [2.75, 3.05) is 5.75 Å². The summed E-state index contributed by atoms with van der Waals surface area (Å²) in [5.41, 5.74) is 0. The van der Waals surface area contributed by atoms with Crippen LogP contribution in [0.5, 0.6) is 0 Å². The van der Waals surface area contributed by atoms with Gasteiger partial charge in [-0.3, -0.25) is 0 Å². The number of aliphatic hydroxyl groups is 1. The molecule has 1 N–H and O–H groups in total. The molecule has 0 aromatic rings. The Morgan fingerprint density at radius 3 is 2.83 bits per heavy atom. The molecule has 2 heteroatoms. The lowest BCUT2D eigenvalue weighted by atomic mass is 10.4. The summed E-state index contributed by atoms with van der Waals surface area (Å²) in [7, 11) is 0. The molecule has 1 heterocycles. The summed E-state index contributed by atoms with van der Waals surface area (Å²) < 4.78 is 0. The Hall–Kier alpha value is 0.0500. The molecule has 1 rings (SSSR count). The maximum Gasteiger partial charge on any atom is 0.0822 e. The van der Waals surface area contributed by atoms with Crippen LogP contribution in [0.15, 0.2) is 11.5 Å². The monoisotopic (exact) mass is 102 g/mol. The first-order valence-corrected chi connectivity index (χ1v) is 2.91. The number of hydrogen-bond acceptors (Lipinski definition) is 2. The van der Waals surface area contributed by atoms with Crippen molar-refractivity contribution < 1.29 is 5.11 Å². The maximum atomic E-state index is 8.62. The fraction of sp³-hybridized carbons (Fsp3) is 0.500. The van der Waals surface area contributed by atoms with E-state index < -0.39 is 0 Å². The molecule has 34 valence electrons. The first-order valence-electron chi connectivity index (χ1n) is 1.86. The van der Waals surface area contributed by atoms with Gasteiger partial charge in [0.05, 0.1) is 6.10 Å².